The first kappa shape index (κ1) is 26.1. The molecule has 0 unspecified atom stereocenters. The van der Waals surface area contributed by atoms with Gasteiger partial charge in [-0.1, -0.05) is 103 Å². The van der Waals surface area contributed by atoms with Gasteiger partial charge < -0.3 is 9.13 Å². The second-order valence-electron chi connectivity index (χ2n) is 11.7. The summed E-state index contributed by atoms with van der Waals surface area (Å²) >= 11 is 0. The van der Waals surface area contributed by atoms with E-state index in [0.717, 1.165) is 33.6 Å². The second kappa shape index (κ2) is 10.4. The van der Waals surface area contributed by atoms with Gasteiger partial charge in [-0.2, -0.15) is 5.26 Å². The average Bonchev–Trinajstić information content (AvgIpc) is 3.65. The molecule has 0 N–H and O–H groups in total. The molecule has 9 aromatic rings. The minimum absolute atomic E-state index is 0.662. The van der Waals surface area contributed by atoms with Crippen molar-refractivity contribution in [1.29, 1.82) is 5.26 Å². The molecule has 0 aliphatic heterocycles. The molecule has 0 aliphatic rings. The lowest BCUT2D eigenvalue weighted by molar-refractivity contribution is 1.13. The van der Waals surface area contributed by atoms with E-state index in [1.807, 2.05) is 24.3 Å². The molecule has 2 aromatic heterocycles. The van der Waals surface area contributed by atoms with E-state index in [0.29, 0.717) is 5.56 Å². The third-order valence-electron chi connectivity index (χ3n) is 9.12. The van der Waals surface area contributed by atoms with Gasteiger partial charge in [0.1, 0.15) is 0 Å². The molecule has 0 bridgehead atoms. The summed E-state index contributed by atoms with van der Waals surface area (Å²) < 4.78 is 4.80. The Balaban J connectivity index is 1.35. The molecular formula is C43H27N3. The summed E-state index contributed by atoms with van der Waals surface area (Å²) in [4.78, 5) is 0. The Kier molecular flexibility index (Phi) is 5.88. The van der Waals surface area contributed by atoms with Crippen LogP contribution in [0.5, 0.6) is 0 Å². The van der Waals surface area contributed by atoms with Crippen molar-refractivity contribution in [2.75, 3.05) is 0 Å². The Morgan fingerprint density at radius 1 is 0.348 bits per heavy atom. The third kappa shape index (κ3) is 4.05. The van der Waals surface area contributed by atoms with Crippen molar-refractivity contribution in [1.82, 2.24) is 9.13 Å². The summed E-state index contributed by atoms with van der Waals surface area (Å²) in [5.41, 5.74) is 12.1. The van der Waals surface area contributed by atoms with Crippen LogP contribution in [0.15, 0.2) is 164 Å². The quantitative estimate of drug-likeness (QED) is 0.202. The topological polar surface area (TPSA) is 33.6 Å². The largest absolute Gasteiger partial charge is 0.309 e. The van der Waals surface area contributed by atoms with Crippen molar-refractivity contribution >= 4 is 43.6 Å². The standard InChI is InChI=1S/C43H27N3/c44-28-29-20-22-30(23-21-29)31-10-9-11-32(24-31)33-25-34(45-40-16-5-1-12-36(40)37-13-2-6-17-41(37)45)27-35(26-33)46-42-18-7-3-14-38(42)39-15-4-8-19-43(39)46/h1-27H. The number of aromatic nitrogens is 2. The fourth-order valence-corrected chi connectivity index (χ4v) is 7.04. The first-order valence-corrected chi connectivity index (χ1v) is 15.5. The number of nitriles is 1. The minimum atomic E-state index is 0.662. The zero-order valence-corrected chi connectivity index (χ0v) is 24.9. The van der Waals surface area contributed by atoms with E-state index in [9.17, 15) is 5.26 Å². The zero-order valence-electron chi connectivity index (χ0n) is 24.9. The van der Waals surface area contributed by atoms with Crippen LogP contribution in [-0.2, 0) is 0 Å². The number of hydrogen-bond acceptors (Lipinski definition) is 1. The van der Waals surface area contributed by atoms with Gasteiger partial charge in [-0.05, 0) is 82.9 Å². The van der Waals surface area contributed by atoms with Crippen molar-refractivity contribution in [2.24, 2.45) is 0 Å². The van der Waals surface area contributed by atoms with Gasteiger partial charge in [-0.3, -0.25) is 0 Å². The van der Waals surface area contributed by atoms with E-state index in [1.165, 1.54) is 43.6 Å². The van der Waals surface area contributed by atoms with Crippen LogP contribution in [0.25, 0.3) is 77.2 Å². The van der Waals surface area contributed by atoms with Gasteiger partial charge in [0.15, 0.2) is 0 Å². The van der Waals surface area contributed by atoms with Crippen molar-refractivity contribution in [3.05, 3.63) is 169 Å². The maximum atomic E-state index is 9.31. The lowest BCUT2D eigenvalue weighted by Gasteiger charge is -2.16. The Hall–Kier alpha value is -6.37. The van der Waals surface area contributed by atoms with Crippen LogP contribution in [0.3, 0.4) is 0 Å². The van der Waals surface area contributed by atoms with Crippen LogP contribution < -0.4 is 0 Å². The van der Waals surface area contributed by atoms with Crippen molar-refractivity contribution in [3.8, 4) is 39.7 Å². The third-order valence-corrected chi connectivity index (χ3v) is 9.12. The molecule has 0 aliphatic carbocycles. The number of para-hydroxylation sites is 4. The molecule has 0 atom stereocenters. The van der Waals surface area contributed by atoms with Crippen LogP contribution in [0, 0.1) is 11.3 Å². The van der Waals surface area contributed by atoms with E-state index in [1.54, 1.807) is 0 Å². The van der Waals surface area contributed by atoms with Gasteiger partial charge in [-0.15, -0.1) is 0 Å². The Labute approximate surface area is 266 Å². The van der Waals surface area contributed by atoms with Gasteiger partial charge in [0, 0.05) is 32.9 Å². The number of nitrogens with zero attached hydrogens (tertiary/aromatic N) is 3. The van der Waals surface area contributed by atoms with E-state index >= 15 is 0 Å². The molecule has 9 rings (SSSR count). The molecular weight excluding hydrogens is 558 g/mol. The van der Waals surface area contributed by atoms with E-state index in [4.69, 9.17) is 0 Å². The Morgan fingerprint density at radius 2 is 0.761 bits per heavy atom. The maximum absolute atomic E-state index is 9.31. The molecule has 0 saturated carbocycles. The van der Waals surface area contributed by atoms with Crippen molar-refractivity contribution < 1.29 is 0 Å². The van der Waals surface area contributed by atoms with E-state index < -0.39 is 0 Å². The Morgan fingerprint density at radius 3 is 1.20 bits per heavy atom. The monoisotopic (exact) mass is 585 g/mol. The van der Waals surface area contributed by atoms with Crippen LogP contribution >= 0.6 is 0 Å². The highest BCUT2D eigenvalue weighted by atomic mass is 15.0. The van der Waals surface area contributed by atoms with Gasteiger partial charge in [0.25, 0.3) is 0 Å². The lowest BCUT2D eigenvalue weighted by Crippen LogP contribution is -2.00. The van der Waals surface area contributed by atoms with Crippen LogP contribution in [0.4, 0.5) is 0 Å². The highest BCUT2D eigenvalue weighted by Crippen LogP contribution is 2.38. The highest BCUT2D eigenvalue weighted by molar-refractivity contribution is 6.10. The number of benzene rings is 7. The summed E-state index contributed by atoms with van der Waals surface area (Å²) in [7, 11) is 0. The maximum Gasteiger partial charge on any atom is 0.0991 e. The zero-order chi connectivity index (χ0) is 30.6. The van der Waals surface area contributed by atoms with Crippen LogP contribution in [0.2, 0.25) is 0 Å². The first-order chi connectivity index (χ1) is 22.8. The fourth-order valence-electron chi connectivity index (χ4n) is 7.04. The molecule has 2 heterocycles. The first-order valence-electron chi connectivity index (χ1n) is 15.5. The molecule has 3 heteroatoms. The van der Waals surface area contributed by atoms with Gasteiger partial charge in [0.05, 0.1) is 33.7 Å². The molecule has 0 saturated heterocycles. The van der Waals surface area contributed by atoms with Crippen LogP contribution in [0.1, 0.15) is 5.56 Å². The summed E-state index contributed by atoms with van der Waals surface area (Å²) in [6, 6.07) is 60.4. The van der Waals surface area contributed by atoms with Crippen molar-refractivity contribution in [3.63, 3.8) is 0 Å². The second-order valence-corrected chi connectivity index (χ2v) is 11.7. The molecule has 0 radical (unpaired) electrons. The summed E-state index contributed by atoms with van der Waals surface area (Å²) in [6.45, 7) is 0. The van der Waals surface area contributed by atoms with Crippen LogP contribution in [-0.4, -0.2) is 9.13 Å². The summed E-state index contributed by atoms with van der Waals surface area (Å²) in [5.74, 6) is 0. The smallest absolute Gasteiger partial charge is 0.0991 e. The van der Waals surface area contributed by atoms with Gasteiger partial charge in [0.2, 0.25) is 0 Å². The molecule has 7 aromatic carbocycles. The minimum Gasteiger partial charge on any atom is -0.309 e. The molecule has 3 nitrogen and oxygen atoms in total. The van der Waals surface area contributed by atoms with Gasteiger partial charge >= 0.3 is 0 Å². The predicted molar refractivity (Wildman–Crippen MR) is 191 cm³/mol. The number of rotatable bonds is 4. The van der Waals surface area contributed by atoms with Crippen molar-refractivity contribution in [2.45, 2.75) is 0 Å². The fraction of sp³-hybridized carbons (Fsp3) is 0. The highest BCUT2D eigenvalue weighted by Gasteiger charge is 2.17. The molecule has 0 amide bonds. The lowest BCUT2D eigenvalue weighted by atomic mass is 9.97. The summed E-state index contributed by atoms with van der Waals surface area (Å²) in [5, 5.41) is 14.3. The van der Waals surface area contributed by atoms with E-state index in [2.05, 4.69) is 155 Å². The SMILES string of the molecule is N#Cc1ccc(-c2cccc(-c3cc(-n4c5ccccc5c5ccccc54)cc(-n4c5ccccc5c5ccccc54)c3)c2)cc1. The average molecular weight is 586 g/mol. The normalized spacial score (nSPS) is 11.5. The molecule has 46 heavy (non-hydrogen) atoms. The molecule has 0 fully saturated rings. The van der Waals surface area contributed by atoms with Gasteiger partial charge in [-0.25, -0.2) is 0 Å². The molecule has 0 spiro atoms. The number of fused-ring (bicyclic) bond motifs is 6. The Bertz CT molecular complexity index is 2410. The number of hydrogen-bond donors (Lipinski definition) is 0. The summed E-state index contributed by atoms with van der Waals surface area (Å²) in [6.07, 6.45) is 0. The van der Waals surface area contributed by atoms with E-state index in [-0.39, 0.29) is 0 Å². The predicted octanol–water partition coefficient (Wildman–Crippen LogP) is 11.1. The molecule has 214 valence electrons.